The summed E-state index contributed by atoms with van der Waals surface area (Å²) in [4.78, 5) is 26.5. The van der Waals surface area contributed by atoms with E-state index in [1.165, 1.54) is 12.1 Å². The Bertz CT molecular complexity index is 731. The number of pyridine rings is 1. The van der Waals surface area contributed by atoms with Gasteiger partial charge in [-0.25, -0.2) is 9.78 Å². The van der Waals surface area contributed by atoms with Crippen molar-refractivity contribution in [2.24, 2.45) is 5.73 Å². The van der Waals surface area contributed by atoms with E-state index in [1.54, 1.807) is 25.1 Å². The number of carboxylic acids is 1. The number of nitrogens with one attached hydrogen (secondary N) is 1. The van der Waals surface area contributed by atoms with E-state index in [1.807, 2.05) is 0 Å². The molecule has 108 valence electrons. The summed E-state index contributed by atoms with van der Waals surface area (Å²) in [5, 5.41) is 12.0. The highest BCUT2D eigenvalue weighted by Crippen LogP contribution is 2.23. The zero-order valence-corrected chi connectivity index (χ0v) is 12.6. The Morgan fingerprint density at radius 1 is 1.29 bits per heavy atom. The molecule has 0 saturated carbocycles. The number of benzene rings is 1. The van der Waals surface area contributed by atoms with Crippen molar-refractivity contribution in [1.82, 2.24) is 4.98 Å². The number of nitrogens with two attached hydrogens (primary N) is 1. The van der Waals surface area contributed by atoms with E-state index in [4.69, 9.17) is 10.8 Å². The second kappa shape index (κ2) is 5.92. The van der Waals surface area contributed by atoms with E-state index in [0.29, 0.717) is 27.2 Å². The highest BCUT2D eigenvalue weighted by Gasteiger charge is 2.10. The van der Waals surface area contributed by atoms with Gasteiger partial charge in [0.2, 0.25) is 5.91 Å². The molecule has 1 amide bonds. The first-order valence-electron chi connectivity index (χ1n) is 5.95. The lowest BCUT2D eigenvalue weighted by molar-refractivity contribution is 0.0695. The van der Waals surface area contributed by atoms with Crippen molar-refractivity contribution >= 4 is 39.3 Å². The number of nitrogens with zero attached hydrogens (tertiary/aromatic N) is 1. The Labute approximate surface area is 129 Å². The lowest BCUT2D eigenvalue weighted by Gasteiger charge is -2.09. The van der Waals surface area contributed by atoms with Crippen molar-refractivity contribution in [3.05, 3.63) is 51.6 Å². The second-order valence-corrected chi connectivity index (χ2v) is 5.23. The number of carboxylic acid groups (broad SMARTS) is 1. The number of aryl methyl sites for hydroxylation is 1. The van der Waals surface area contributed by atoms with E-state index >= 15 is 0 Å². The number of hydrogen-bond donors (Lipinski definition) is 3. The zero-order valence-electron chi connectivity index (χ0n) is 11.1. The third kappa shape index (κ3) is 3.57. The molecule has 0 atom stereocenters. The number of halogens is 1. The maximum absolute atomic E-state index is 11.2. The first kappa shape index (κ1) is 15.0. The third-order valence-electron chi connectivity index (χ3n) is 2.71. The molecule has 6 nitrogen and oxygen atoms in total. The minimum Gasteiger partial charge on any atom is -0.478 e. The molecule has 1 heterocycles. The van der Waals surface area contributed by atoms with Crippen LogP contribution in [0, 0.1) is 6.92 Å². The van der Waals surface area contributed by atoms with Crippen molar-refractivity contribution in [1.29, 1.82) is 0 Å². The van der Waals surface area contributed by atoms with Crippen LogP contribution in [-0.4, -0.2) is 22.0 Å². The third-order valence-corrected chi connectivity index (χ3v) is 3.40. The molecule has 0 unspecified atom stereocenters. The van der Waals surface area contributed by atoms with Gasteiger partial charge in [0, 0.05) is 21.4 Å². The van der Waals surface area contributed by atoms with Gasteiger partial charge < -0.3 is 16.2 Å². The monoisotopic (exact) mass is 349 g/mol. The van der Waals surface area contributed by atoms with Crippen LogP contribution in [-0.2, 0) is 0 Å². The molecular formula is C14H12BrN3O3. The van der Waals surface area contributed by atoms with Crippen LogP contribution in [0.2, 0.25) is 0 Å². The molecule has 1 aromatic carbocycles. The fraction of sp³-hybridized carbons (Fsp3) is 0.0714. The lowest BCUT2D eigenvalue weighted by Crippen LogP contribution is -2.12. The van der Waals surface area contributed by atoms with Gasteiger partial charge in [-0.15, -0.1) is 0 Å². The smallest absolute Gasteiger partial charge is 0.336 e. The molecule has 0 fully saturated rings. The topological polar surface area (TPSA) is 105 Å². The van der Waals surface area contributed by atoms with Crippen LogP contribution in [0.5, 0.6) is 0 Å². The summed E-state index contributed by atoms with van der Waals surface area (Å²) in [6.45, 7) is 1.74. The van der Waals surface area contributed by atoms with Gasteiger partial charge >= 0.3 is 5.97 Å². The summed E-state index contributed by atoms with van der Waals surface area (Å²) in [5.74, 6) is -1.17. The molecular weight excluding hydrogens is 338 g/mol. The van der Waals surface area contributed by atoms with Crippen molar-refractivity contribution in [3.63, 3.8) is 0 Å². The van der Waals surface area contributed by atoms with Crippen molar-refractivity contribution < 1.29 is 14.7 Å². The number of carbonyl (C=O) groups is 2. The van der Waals surface area contributed by atoms with Crippen LogP contribution in [0.1, 0.15) is 26.4 Å². The van der Waals surface area contributed by atoms with Gasteiger partial charge in [-0.05, 0) is 53.2 Å². The van der Waals surface area contributed by atoms with Crippen LogP contribution in [0.4, 0.5) is 11.5 Å². The van der Waals surface area contributed by atoms with Gasteiger partial charge in [-0.3, -0.25) is 4.79 Å². The fourth-order valence-corrected chi connectivity index (χ4v) is 2.21. The Hall–Kier alpha value is -2.41. The van der Waals surface area contributed by atoms with E-state index in [-0.39, 0.29) is 5.56 Å². The molecule has 0 saturated heterocycles. The zero-order chi connectivity index (χ0) is 15.6. The Morgan fingerprint density at radius 2 is 2.00 bits per heavy atom. The van der Waals surface area contributed by atoms with Crippen molar-refractivity contribution in [3.8, 4) is 0 Å². The number of aromatic carboxylic acids is 1. The maximum atomic E-state index is 11.2. The van der Waals surface area contributed by atoms with Crippen LogP contribution < -0.4 is 11.1 Å². The summed E-state index contributed by atoms with van der Waals surface area (Å²) < 4.78 is 0.482. The molecule has 0 spiro atoms. The van der Waals surface area contributed by atoms with Gasteiger partial charge in [-0.1, -0.05) is 0 Å². The van der Waals surface area contributed by atoms with Crippen LogP contribution >= 0.6 is 15.9 Å². The van der Waals surface area contributed by atoms with Gasteiger partial charge in [0.05, 0.1) is 5.56 Å². The summed E-state index contributed by atoms with van der Waals surface area (Å²) >= 11 is 3.17. The van der Waals surface area contributed by atoms with Gasteiger partial charge in [0.1, 0.15) is 5.82 Å². The molecule has 0 aliphatic rings. The number of primary amides is 1. The number of anilines is 2. The van der Waals surface area contributed by atoms with Crippen molar-refractivity contribution in [2.45, 2.75) is 6.92 Å². The molecule has 0 aliphatic heterocycles. The predicted molar refractivity (Wildman–Crippen MR) is 81.9 cm³/mol. The highest BCUT2D eigenvalue weighted by molar-refractivity contribution is 9.10. The highest BCUT2D eigenvalue weighted by atomic mass is 79.9. The van der Waals surface area contributed by atoms with Crippen molar-refractivity contribution in [2.75, 3.05) is 5.32 Å². The summed E-state index contributed by atoms with van der Waals surface area (Å²) in [6.07, 6.45) is 0. The molecule has 4 N–H and O–H groups in total. The van der Waals surface area contributed by atoms with E-state index in [2.05, 4.69) is 26.2 Å². The second-order valence-electron chi connectivity index (χ2n) is 4.37. The number of rotatable bonds is 4. The van der Waals surface area contributed by atoms with Crippen LogP contribution in [0.25, 0.3) is 0 Å². The normalized spacial score (nSPS) is 10.2. The molecule has 0 bridgehead atoms. The molecule has 2 rings (SSSR count). The van der Waals surface area contributed by atoms with Gasteiger partial charge in [0.25, 0.3) is 0 Å². The Kier molecular flexibility index (Phi) is 4.23. The van der Waals surface area contributed by atoms with E-state index < -0.39 is 11.9 Å². The molecule has 2 aromatic rings. The number of carbonyl (C=O) groups excluding carboxylic acids is 1. The number of hydrogen-bond acceptors (Lipinski definition) is 4. The summed E-state index contributed by atoms with van der Waals surface area (Å²) in [6, 6.07) is 7.89. The molecule has 7 heteroatoms. The molecule has 0 aliphatic carbocycles. The molecule has 0 radical (unpaired) electrons. The Balaban J connectivity index is 2.36. The quantitative estimate of drug-likeness (QED) is 0.786. The average Bonchev–Trinajstić information content (AvgIpc) is 2.40. The fourth-order valence-electron chi connectivity index (χ4n) is 1.79. The molecule has 21 heavy (non-hydrogen) atoms. The minimum atomic E-state index is -1.04. The van der Waals surface area contributed by atoms with Gasteiger partial charge in [0.15, 0.2) is 0 Å². The maximum Gasteiger partial charge on any atom is 0.336 e. The molecule has 1 aromatic heterocycles. The van der Waals surface area contributed by atoms with Crippen LogP contribution in [0.15, 0.2) is 34.8 Å². The summed E-state index contributed by atoms with van der Waals surface area (Å²) in [5.41, 5.74) is 6.89. The standard InChI is InChI=1S/C14H12BrN3O3/c1-7-4-8(13(16)19)5-12(17-7)18-9-2-3-11(15)10(6-9)14(20)21/h2-6H,1H3,(H2,16,19)(H,17,18)(H,20,21). The number of amides is 1. The largest absolute Gasteiger partial charge is 0.478 e. The van der Waals surface area contributed by atoms with Gasteiger partial charge in [-0.2, -0.15) is 0 Å². The first-order chi connectivity index (χ1) is 9.86. The minimum absolute atomic E-state index is 0.128. The number of aromatic nitrogens is 1. The predicted octanol–water partition coefficient (Wildman–Crippen LogP) is 2.69. The summed E-state index contributed by atoms with van der Waals surface area (Å²) in [7, 11) is 0. The first-order valence-corrected chi connectivity index (χ1v) is 6.74. The average molecular weight is 350 g/mol. The van der Waals surface area contributed by atoms with Crippen LogP contribution in [0.3, 0.4) is 0 Å². The Morgan fingerprint density at radius 3 is 2.62 bits per heavy atom. The lowest BCUT2D eigenvalue weighted by atomic mass is 10.2. The van der Waals surface area contributed by atoms with E-state index in [0.717, 1.165) is 0 Å². The SMILES string of the molecule is Cc1cc(C(N)=O)cc(Nc2ccc(Br)c(C(=O)O)c2)n1. The van der Waals surface area contributed by atoms with E-state index in [9.17, 15) is 9.59 Å².